The van der Waals surface area contributed by atoms with E-state index in [1.807, 2.05) is 25.3 Å². The van der Waals surface area contributed by atoms with Gasteiger partial charge in [-0.25, -0.2) is 4.98 Å². The predicted molar refractivity (Wildman–Crippen MR) is 77.4 cm³/mol. The molecule has 0 fully saturated rings. The molecule has 0 spiro atoms. The van der Waals surface area contributed by atoms with Crippen molar-refractivity contribution in [1.29, 1.82) is 0 Å². The van der Waals surface area contributed by atoms with Gasteiger partial charge in [0.05, 0.1) is 6.61 Å². The van der Waals surface area contributed by atoms with Gasteiger partial charge < -0.3 is 20.1 Å². The van der Waals surface area contributed by atoms with Crippen LogP contribution in [0.1, 0.15) is 24.9 Å². The zero-order valence-corrected chi connectivity index (χ0v) is 12.1. The summed E-state index contributed by atoms with van der Waals surface area (Å²) in [5.41, 5.74) is 7.01. The van der Waals surface area contributed by atoms with Gasteiger partial charge in [-0.15, -0.1) is 0 Å². The van der Waals surface area contributed by atoms with E-state index in [1.54, 1.807) is 14.2 Å². The Bertz CT molecular complexity index is 358. The van der Waals surface area contributed by atoms with Gasteiger partial charge in [-0.3, -0.25) is 0 Å². The van der Waals surface area contributed by atoms with Crippen molar-refractivity contribution in [2.24, 2.45) is 5.73 Å². The highest BCUT2D eigenvalue weighted by atomic mass is 16.5. The Balaban J connectivity index is 2.74. The summed E-state index contributed by atoms with van der Waals surface area (Å²) >= 11 is 0. The summed E-state index contributed by atoms with van der Waals surface area (Å²) in [5.74, 6) is 0.947. The standard InChI is InChI=1S/C14H25N3O2/c1-12(15)13-5-6-16-14(11-13)17(8-10-19-3)7-4-9-18-2/h5-6,11-12H,4,7-10,15H2,1-3H3/t12-/m0/s1. The topological polar surface area (TPSA) is 60.6 Å². The molecule has 0 unspecified atom stereocenters. The van der Waals surface area contributed by atoms with Crippen molar-refractivity contribution in [1.82, 2.24) is 4.98 Å². The van der Waals surface area contributed by atoms with Crippen LogP contribution < -0.4 is 10.6 Å². The molecule has 1 heterocycles. The smallest absolute Gasteiger partial charge is 0.128 e. The molecule has 0 radical (unpaired) electrons. The van der Waals surface area contributed by atoms with Gasteiger partial charge in [-0.1, -0.05) is 0 Å². The molecule has 5 heteroatoms. The highest BCUT2D eigenvalue weighted by Crippen LogP contribution is 2.17. The third kappa shape index (κ3) is 5.55. The van der Waals surface area contributed by atoms with Crippen molar-refractivity contribution < 1.29 is 9.47 Å². The van der Waals surface area contributed by atoms with E-state index >= 15 is 0 Å². The van der Waals surface area contributed by atoms with E-state index < -0.39 is 0 Å². The average molecular weight is 267 g/mol. The van der Waals surface area contributed by atoms with Gasteiger partial charge >= 0.3 is 0 Å². The summed E-state index contributed by atoms with van der Waals surface area (Å²) < 4.78 is 10.2. The molecule has 0 aliphatic heterocycles. The van der Waals surface area contributed by atoms with Crippen molar-refractivity contribution in [2.45, 2.75) is 19.4 Å². The van der Waals surface area contributed by atoms with Crippen LogP contribution in [0.15, 0.2) is 18.3 Å². The third-order valence-corrected chi connectivity index (χ3v) is 2.96. The van der Waals surface area contributed by atoms with Crippen molar-refractivity contribution >= 4 is 5.82 Å². The highest BCUT2D eigenvalue weighted by molar-refractivity contribution is 5.41. The Morgan fingerprint density at radius 1 is 1.26 bits per heavy atom. The fourth-order valence-corrected chi connectivity index (χ4v) is 1.83. The average Bonchev–Trinajstić information content (AvgIpc) is 2.43. The fraction of sp³-hybridized carbons (Fsp3) is 0.643. The fourth-order valence-electron chi connectivity index (χ4n) is 1.83. The Morgan fingerprint density at radius 2 is 2.00 bits per heavy atom. The number of ether oxygens (including phenoxy) is 2. The second-order valence-electron chi connectivity index (χ2n) is 4.56. The van der Waals surface area contributed by atoms with E-state index in [4.69, 9.17) is 15.2 Å². The van der Waals surface area contributed by atoms with E-state index in [1.165, 1.54) is 0 Å². The maximum atomic E-state index is 5.91. The van der Waals surface area contributed by atoms with E-state index in [-0.39, 0.29) is 6.04 Å². The molecular weight excluding hydrogens is 242 g/mol. The van der Waals surface area contributed by atoms with E-state index in [2.05, 4.69) is 9.88 Å². The highest BCUT2D eigenvalue weighted by Gasteiger charge is 2.09. The van der Waals surface area contributed by atoms with Gasteiger partial charge in [0, 0.05) is 46.2 Å². The molecule has 1 atom stereocenters. The molecule has 2 N–H and O–H groups in total. The minimum Gasteiger partial charge on any atom is -0.385 e. The zero-order chi connectivity index (χ0) is 14.1. The van der Waals surface area contributed by atoms with Crippen LogP contribution >= 0.6 is 0 Å². The van der Waals surface area contributed by atoms with Crippen molar-refractivity contribution in [3.05, 3.63) is 23.9 Å². The molecule has 1 aromatic rings. The summed E-state index contributed by atoms with van der Waals surface area (Å²) in [7, 11) is 3.42. The van der Waals surface area contributed by atoms with Gasteiger partial charge in [0.1, 0.15) is 5.82 Å². The molecule has 0 amide bonds. The Labute approximate surface area is 115 Å². The lowest BCUT2D eigenvalue weighted by molar-refractivity contribution is 0.191. The minimum atomic E-state index is 0.0185. The normalized spacial score (nSPS) is 12.4. The van der Waals surface area contributed by atoms with Crippen LogP contribution in [-0.4, -0.2) is 45.5 Å². The molecule has 0 saturated carbocycles. The van der Waals surface area contributed by atoms with Crippen LogP contribution in [0.5, 0.6) is 0 Å². The number of hydrogen-bond donors (Lipinski definition) is 1. The lowest BCUT2D eigenvalue weighted by atomic mass is 10.1. The SMILES string of the molecule is COCCCN(CCOC)c1cc([C@H](C)N)ccn1. The summed E-state index contributed by atoms with van der Waals surface area (Å²) in [6, 6.07) is 4.02. The van der Waals surface area contributed by atoms with E-state index in [0.717, 1.165) is 37.5 Å². The Hall–Kier alpha value is -1.17. The minimum absolute atomic E-state index is 0.0185. The summed E-state index contributed by atoms with van der Waals surface area (Å²) in [4.78, 5) is 6.63. The molecule has 108 valence electrons. The first-order valence-electron chi connectivity index (χ1n) is 6.63. The second-order valence-corrected chi connectivity index (χ2v) is 4.56. The number of rotatable bonds is 9. The number of nitrogens with zero attached hydrogens (tertiary/aromatic N) is 2. The van der Waals surface area contributed by atoms with Crippen molar-refractivity contribution in [3.63, 3.8) is 0 Å². The van der Waals surface area contributed by atoms with E-state index in [0.29, 0.717) is 6.61 Å². The van der Waals surface area contributed by atoms with Crippen LogP contribution in [-0.2, 0) is 9.47 Å². The maximum absolute atomic E-state index is 5.91. The second kappa shape index (κ2) is 8.85. The molecule has 0 aliphatic carbocycles. The molecule has 0 aliphatic rings. The number of nitrogens with two attached hydrogens (primary N) is 1. The van der Waals surface area contributed by atoms with Crippen LogP contribution in [0.4, 0.5) is 5.82 Å². The summed E-state index contributed by atoms with van der Waals surface area (Å²) in [5, 5.41) is 0. The lowest BCUT2D eigenvalue weighted by Gasteiger charge is -2.24. The lowest BCUT2D eigenvalue weighted by Crippen LogP contribution is -2.30. The van der Waals surface area contributed by atoms with Gasteiger partial charge in [0.15, 0.2) is 0 Å². The van der Waals surface area contributed by atoms with Gasteiger partial charge in [0.25, 0.3) is 0 Å². The van der Waals surface area contributed by atoms with E-state index in [9.17, 15) is 0 Å². The first-order valence-corrected chi connectivity index (χ1v) is 6.63. The molecule has 0 saturated heterocycles. The van der Waals surface area contributed by atoms with Crippen LogP contribution in [0.3, 0.4) is 0 Å². The van der Waals surface area contributed by atoms with Gasteiger partial charge in [0.2, 0.25) is 0 Å². The quantitative estimate of drug-likeness (QED) is 0.688. The molecule has 1 rings (SSSR count). The number of pyridine rings is 1. The number of anilines is 1. The predicted octanol–water partition coefficient (Wildman–Crippen LogP) is 1.59. The molecule has 5 nitrogen and oxygen atoms in total. The number of aromatic nitrogens is 1. The van der Waals surface area contributed by atoms with Crippen LogP contribution in [0, 0.1) is 0 Å². The maximum Gasteiger partial charge on any atom is 0.128 e. The largest absolute Gasteiger partial charge is 0.385 e. The monoisotopic (exact) mass is 267 g/mol. The molecule has 0 aromatic carbocycles. The van der Waals surface area contributed by atoms with Crippen molar-refractivity contribution in [3.8, 4) is 0 Å². The molecular formula is C14H25N3O2. The summed E-state index contributed by atoms with van der Waals surface area (Å²) in [6.45, 7) is 5.11. The Morgan fingerprint density at radius 3 is 2.63 bits per heavy atom. The van der Waals surface area contributed by atoms with Crippen LogP contribution in [0.25, 0.3) is 0 Å². The van der Waals surface area contributed by atoms with Gasteiger partial charge in [-0.05, 0) is 31.0 Å². The summed E-state index contributed by atoms with van der Waals surface area (Å²) in [6.07, 6.45) is 2.77. The molecule has 1 aromatic heterocycles. The van der Waals surface area contributed by atoms with Crippen molar-refractivity contribution in [2.75, 3.05) is 45.4 Å². The zero-order valence-electron chi connectivity index (χ0n) is 12.1. The first kappa shape index (κ1) is 15.9. The van der Waals surface area contributed by atoms with Crippen LogP contribution in [0.2, 0.25) is 0 Å². The third-order valence-electron chi connectivity index (χ3n) is 2.96. The number of hydrogen-bond acceptors (Lipinski definition) is 5. The van der Waals surface area contributed by atoms with Gasteiger partial charge in [-0.2, -0.15) is 0 Å². The Kier molecular flexibility index (Phi) is 7.40. The number of methoxy groups -OCH3 is 2. The molecule has 19 heavy (non-hydrogen) atoms. The first-order chi connectivity index (χ1) is 9.19. The molecule has 0 bridgehead atoms.